The van der Waals surface area contributed by atoms with Gasteiger partial charge in [-0.1, -0.05) is 51.7 Å². The van der Waals surface area contributed by atoms with Crippen molar-refractivity contribution >= 4 is 0 Å². The van der Waals surface area contributed by atoms with Crippen LogP contribution in [0.1, 0.15) is 106 Å². The summed E-state index contributed by atoms with van der Waals surface area (Å²) in [5.74, 6) is 4.27. The highest BCUT2D eigenvalue weighted by atomic mass is 16.2. The third-order valence-corrected chi connectivity index (χ3v) is 1.74. The maximum Gasteiger partial charge on any atom is 0.0564 e. The van der Waals surface area contributed by atoms with Crippen LogP contribution >= 0.6 is 0 Å². The van der Waals surface area contributed by atoms with Crippen molar-refractivity contribution in [2.45, 2.75) is 83.6 Å². The van der Waals surface area contributed by atoms with Crippen LogP contribution in [0.2, 0.25) is 0 Å². The minimum absolute atomic E-state index is 0.153. The van der Waals surface area contributed by atoms with Crippen LogP contribution in [0.5, 0.6) is 0 Å². The molecule has 0 rings (SSSR count). The summed E-state index contributed by atoms with van der Waals surface area (Å²) >= 11 is 0. The number of rotatable bonds is 11. The van der Waals surface area contributed by atoms with Gasteiger partial charge in [0.15, 0.2) is 0 Å². The zero-order valence-corrected chi connectivity index (χ0v) is 9.98. The fraction of sp³-hybridized carbons (Fsp3) is 0.875. The lowest BCUT2D eigenvalue weighted by atomic mass is 10.1. The van der Waals surface area contributed by atoms with Crippen LogP contribution in [0.25, 0.3) is 0 Å². The highest BCUT2D eigenvalue weighted by molar-refractivity contribution is 4.98. The van der Waals surface area contributed by atoms with Crippen molar-refractivity contribution < 1.29 is 27.0 Å². The summed E-state index contributed by atoms with van der Waals surface area (Å²) in [6.07, 6.45) is -25.0. The van der Waals surface area contributed by atoms with Crippen molar-refractivity contribution in [2.24, 2.45) is 0 Å². The lowest BCUT2D eigenvalue weighted by Crippen LogP contribution is -1.83. The number of unbranched alkanes of at least 4 members (excludes halogenated alkanes) is 4. The molecule has 0 aromatic rings. The third-order valence-electron chi connectivity index (χ3n) is 1.74. The molecule has 0 aromatic heterocycles. The van der Waals surface area contributed by atoms with Gasteiger partial charge in [-0.05, 0) is 19.2 Å². The quantitative estimate of drug-likeness (QED) is 0.419. The summed E-state index contributed by atoms with van der Waals surface area (Å²) < 4.78 is 124. The van der Waals surface area contributed by atoms with E-state index < -0.39 is 51.2 Å². The molecule has 1 N–H and O–H groups in total. The minimum atomic E-state index is -4.31. The SMILES string of the molecule is [2H]C([2H])(O)C([2H])([2H])C([2H])([2H])C([2H])([2H])C([2H])([2H])C([2H])([2H])C([2H])([2H])C([2H])([2H])C#CCCCCCC. The van der Waals surface area contributed by atoms with Crippen LogP contribution in [0.15, 0.2) is 0 Å². The van der Waals surface area contributed by atoms with Gasteiger partial charge in [0.1, 0.15) is 0 Å². The van der Waals surface area contributed by atoms with Crippen LogP contribution in [-0.2, 0) is 0 Å². The van der Waals surface area contributed by atoms with Crippen LogP contribution in [-0.4, -0.2) is 11.7 Å². The summed E-state index contributed by atoms with van der Waals surface area (Å²) in [5.41, 5.74) is 0. The molecule has 0 bridgehead atoms. The van der Waals surface area contributed by atoms with Gasteiger partial charge < -0.3 is 5.11 Å². The van der Waals surface area contributed by atoms with E-state index in [2.05, 4.69) is 5.92 Å². The second-order valence-corrected chi connectivity index (χ2v) is 3.10. The number of aliphatic hydroxyl groups is 1. The van der Waals surface area contributed by atoms with Gasteiger partial charge in [0.05, 0.1) is 2.74 Å². The Labute approximate surface area is 130 Å². The van der Waals surface area contributed by atoms with Gasteiger partial charge in [0.2, 0.25) is 0 Å². The van der Waals surface area contributed by atoms with Gasteiger partial charge in [0, 0.05) is 38.5 Å². The van der Waals surface area contributed by atoms with E-state index in [1.807, 2.05) is 12.8 Å². The van der Waals surface area contributed by atoms with Crippen LogP contribution in [0.4, 0.5) is 0 Å². The van der Waals surface area contributed by atoms with Gasteiger partial charge in [-0.25, -0.2) is 0 Å². The Bertz CT molecular complexity index is 725. The maximum atomic E-state index is 9.36. The zero-order valence-electron chi connectivity index (χ0n) is 26.0. The number of hydrogen-bond donors (Lipinski definition) is 1. The van der Waals surface area contributed by atoms with Crippen molar-refractivity contribution in [2.75, 3.05) is 6.56 Å². The van der Waals surface area contributed by atoms with Gasteiger partial charge >= 0.3 is 0 Å². The molecule has 0 amide bonds. The van der Waals surface area contributed by atoms with E-state index >= 15 is 0 Å². The molecular formula is C16H30O. The summed E-state index contributed by atoms with van der Waals surface area (Å²) in [6.45, 7) is -2.06. The van der Waals surface area contributed by atoms with Crippen molar-refractivity contribution in [3.8, 4) is 11.8 Å². The molecular weight excluding hydrogens is 208 g/mol. The predicted octanol–water partition coefficient (Wildman–Crippen LogP) is 4.68. The average Bonchev–Trinajstić information content (AvgIpc) is 2.62. The Morgan fingerprint density at radius 1 is 0.882 bits per heavy atom. The predicted molar refractivity (Wildman–Crippen MR) is 75.9 cm³/mol. The van der Waals surface area contributed by atoms with Gasteiger partial charge in [0.25, 0.3) is 0 Å². The van der Waals surface area contributed by atoms with E-state index in [9.17, 15) is 5.11 Å². The Morgan fingerprint density at radius 2 is 1.59 bits per heavy atom. The monoisotopic (exact) mass is 254 g/mol. The standard InChI is InChI=1S/C16H30O/c1-2-3-4-5-6-7-8-9-10-11-12-13-14-15-16-17/h17H,2-6,9-16H2,1H3/i9D2,10D2,11D2,12D2,13D2,14D2,15D2,16D2. The smallest absolute Gasteiger partial charge is 0.0564 e. The van der Waals surface area contributed by atoms with Gasteiger partial charge in [-0.15, -0.1) is 11.8 Å². The largest absolute Gasteiger partial charge is 0.396 e. The number of hydrogen-bond acceptors (Lipinski definition) is 1. The lowest BCUT2D eigenvalue weighted by Gasteiger charge is -1.97. The molecule has 0 spiro atoms. The molecule has 1 heteroatoms. The first-order chi connectivity index (χ1) is 14.3. The Kier molecular flexibility index (Phi) is 3.66. The molecule has 17 heavy (non-hydrogen) atoms. The zero-order chi connectivity index (χ0) is 26.9. The minimum Gasteiger partial charge on any atom is -0.396 e. The van der Waals surface area contributed by atoms with Crippen molar-refractivity contribution in [1.82, 2.24) is 0 Å². The molecule has 0 aliphatic heterocycles. The first kappa shape index (κ1) is 4.01. The lowest BCUT2D eigenvalue weighted by molar-refractivity contribution is 0.282. The molecule has 0 atom stereocenters. The first-order valence-electron chi connectivity index (χ1n) is 13.5. The molecule has 0 heterocycles. The fourth-order valence-electron chi connectivity index (χ4n) is 0.962. The molecule has 0 fully saturated rings. The fourth-order valence-corrected chi connectivity index (χ4v) is 0.962. The molecule has 0 unspecified atom stereocenters. The molecule has 100 valence electrons. The van der Waals surface area contributed by atoms with Crippen LogP contribution in [0, 0.1) is 11.8 Å². The Morgan fingerprint density at radius 3 is 2.29 bits per heavy atom. The first-order valence-corrected chi connectivity index (χ1v) is 5.53. The maximum absolute atomic E-state index is 9.36. The van der Waals surface area contributed by atoms with Gasteiger partial charge in [-0.2, -0.15) is 0 Å². The summed E-state index contributed by atoms with van der Waals surface area (Å²) in [6, 6.07) is 0. The van der Waals surface area contributed by atoms with E-state index in [4.69, 9.17) is 21.9 Å². The van der Waals surface area contributed by atoms with Crippen molar-refractivity contribution in [1.29, 1.82) is 0 Å². The second kappa shape index (κ2) is 15.5. The highest BCUT2D eigenvalue weighted by Crippen LogP contribution is 2.06. The normalized spacial score (nSPS) is 30.7. The second-order valence-electron chi connectivity index (χ2n) is 3.10. The van der Waals surface area contributed by atoms with E-state index in [1.54, 1.807) is 0 Å². The molecule has 0 aromatic carbocycles. The topological polar surface area (TPSA) is 20.2 Å². The third kappa shape index (κ3) is 15.5. The van der Waals surface area contributed by atoms with Gasteiger partial charge in [-0.3, -0.25) is 0 Å². The molecule has 1 nitrogen and oxygen atoms in total. The van der Waals surface area contributed by atoms with E-state index in [1.165, 1.54) is 0 Å². The average molecular weight is 255 g/mol. The highest BCUT2D eigenvalue weighted by Gasteiger charge is 1.89. The van der Waals surface area contributed by atoms with Crippen molar-refractivity contribution in [3.05, 3.63) is 0 Å². The van der Waals surface area contributed by atoms with E-state index in [0.717, 1.165) is 19.3 Å². The summed E-state index contributed by atoms with van der Waals surface area (Å²) in [4.78, 5) is 0. The molecule has 0 aliphatic carbocycles. The Balaban J connectivity index is 6.35. The van der Waals surface area contributed by atoms with E-state index in [0.29, 0.717) is 6.42 Å². The molecule has 0 saturated heterocycles. The summed E-state index contributed by atoms with van der Waals surface area (Å²) in [7, 11) is 0. The summed E-state index contributed by atoms with van der Waals surface area (Å²) in [5, 5.41) is 9.36. The molecule has 0 radical (unpaired) electrons. The van der Waals surface area contributed by atoms with Crippen LogP contribution < -0.4 is 0 Å². The van der Waals surface area contributed by atoms with Crippen LogP contribution in [0.3, 0.4) is 0 Å². The van der Waals surface area contributed by atoms with Crippen molar-refractivity contribution in [3.63, 3.8) is 0 Å². The van der Waals surface area contributed by atoms with E-state index in [-0.39, 0.29) is 6.42 Å². The Hall–Kier alpha value is -0.480. The molecule has 0 saturated carbocycles. The molecule has 0 aliphatic rings.